The van der Waals surface area contributed by atoms with Gasteiger partial charge in [-0.05, 0) is 31.0 Å². The SMILES string of the molecule is O=C(NC1CC1)c1cc(N2CC(Oc3cccc(OC(F)(F)F)c3)C2)ncc1F. The maximum absolute atomic E-state index is 13.9. The van der Waals surface area contributed by atoms with Crippen LogP contribution in [0.25, 0.3) is 0 Å². The number of carbonyl (C=O) groups is 1. The minimum atomic E-state index is -4.77. The zero-order valence-electron chi connectivity index (χ0n) is 15.1. The first-order chi connectivity index (χ1) is 13.8. The minimum absolute atomic E-state index is 0.0664. The van der Waals surface area contributed by atoms with Gasteiger partial charge in [-0.1, -0.05) is 6.07 Å². The number of anilines is 1. The van der Waals surface area contributed by atoms with Gasteiger partial charge < -0.3 is 19.7 Å². The van der Waals surface area contributed by atoms with Crippen molar-refractivity contribution in [2.45, 2.75) is 31.3 Å². The molecule has 0 spiro atoms. The first-order valence-corrected chi connectivity index (χ1v) is 9.01. The van der Waals surface area contributed by atoms with Gasteiger partial charge in [0.2, 0.25) is 0 Å². The van der Waals surface area contributed by atoms with Crippen molar-refractivity contribution in [1.29, 1.82) is 0 Å². The lowest BCUT2D eigenvalue weighted by atomic mass is 10.1. The number of ether oxygens (including phenoxy) is 2. The molecule has 1 saturated carbocycles. The summed E-state index contributed by atoms with van der Waals surface area (Å²) in [5.41, 5.74) is -0.0664. The van der Waals surface area contributed by atoms with Crippen LogP contribution in [0.2, 0.25) is 0 Å². The van der Waals surface area contributed by atoms with Gasteiger partial charge >= 0.3 is 6.36 Å². The molecule has 154 valence electrons. The number of pyridine rings is 1. The van der Waals surface area contributed by atoms with Crippen LogP contribution in [0.1, 0.15) is 23.2 Å². The highest BCUT2D eigenvalue weighted by Crippen LogP contribution is 2.29. The zero-order valence-corrected chi connectivity index (χ0v) is 15.1. The Balaban J connectivity index is 1.35. The fraction of sp³-hybridized carbons (Fsp3) is 0.368. The van der Waals surface area contributed by atoms with Crippen molar-refractivity contribution in [3.63, 3.8) is 0 Å². The largest absolute Gasteiger partial charge is 0.573 e. The normalized spacial score (nSPS) is 16.9. The standard InChI is InChI=1S/C19H17F4N3O3/c20-16-8-24-17(7-15(16)18(27)25-11-4-5-11)26-9-14(10-26)28-12-2-1-3-13(6-12)29-19(21,22)23/h1-3,6-8,11,14H,4-5,9-10H2,(H,25,27). The van der Waals surface area contributed by atoms with E-state index < -0.39 is 18.1 Å². The Hall–Kier alpha value is -3.04. The van der Waals surface area contributed by atoms with Crippen LogP contribution in [0.4, 0.5) is 23.4 Å². The molecule has 2 fully saturated rings. The molecule has 29 heavy (non-hydrogen) atoms. The van der Waals surface area contributed by atoms with Crippen molar-refractivity contribution in [2.75, 3.05) is 18.0 Å². The predicted molar refractivity (Wildman–Crippen MR) is 94.4 cm³/mol. The number of hydrogen-bond acceptors (Lipinski definition) is 5. The fourth-order valence-electron chi connectivity index (χ4n) is 2.90. The fourth-order valence-corrected chi connectivity index (χ4v) is 2.90. The van der Waals surface area contributed by atoms with E-state index in [1.165, 1.54) is 24.3 Å². The van der Waals surface area contributed by atoms with Gasteiger partial charge in [0.25, 0.3) is 5.91 Å². The highest BCUT2D eigenvalue weighted by molar-refractivity contribution is 5.95. The Kier molecular flexibility index (Phi) is 4.93. The highest BCUT2D eigenvalue weighted by atomic mass is 19.4. The maximum Gasteiger partial charge on any atom is 0.573 e. The van der Waals surface area contributed by atoms with Gasteiger partial charge in [0, 0.05) is 12.1 Å². The van der Waals surface area contributed by atoms with Gasteiger partial charge in [0.1, 0.15) is 23.4 Å². The Morgan fingerprint density at radius 1 is 1.17 bits per heavy atom. The monoisotopic (exact) mass is 411 g/mol. The number of nitrogens with one attached hydrogen (secondary N) is 1. The molecule has 0 radical (unpaired) electrons. The number of amides is 1. The first-order valence-electron chi connectivity index (χ1n) is 9.01. The van der Waals surface area contributed by atoms with E-state index in [0.29, 0.717) is 18.9 Å². The number of hydrogen-bond donors (Lipinski definition) is 1. The smallest absolute Gasteiger partial charge is 0.487 e. The van der Waals surface area contributed by atoms with E-state index in [2.05, 4.69) is 15.0 Å². The van der Waals surface area contributed by atoms with E-state index in [-0.39, 0.29) is 29.2 Å². The third-order valence-corrected chi connectivity index (χ3v) is 4.51. The van der Waals surface area contributed by atoms with Crippen LogP contribution < -0.4 is 19.7 Å². The molecule has 4 rings (SSSR count). The molecule has 1 N–H and O–H groups in total. The summed E-state index contributed by atoms with van der Waals surface area (Å²) in [4.78, 5) is 17.9. The van der Waals surface area contributed by atoms with Crippen molar-refractivity contribution >= 4 is 11.7 Å². The molecule has 2 heterocycles. The molecule has 10 heteroatoms. The molecule has 1 aliphatic carbocycles. The van der Waals surface area contributed by atoms with Gasteiger partial charge in [0.15, 0.2) is 5.82 Å². The van der Waals surface area contributed by atoms with Crippen LogP contribution >= 0.6 is 0 Å². The van der Waals surface area contributed by atoms with E-state index in [9.17, 15) is 22.4 Å². The van der Waals surface area contributed by atoms with Gasteiger partial charge in [-0.3, -0.25) is 4.79 Å². The number of alkyl halides is 3. The summed E-state index contributed by atoms with van der Waals surface area (Å²) in [5, 5.41) is 2.73. The lowest BCUT2D eigenvalue weighted by molar-refractivity contribution is -0.274. The van der Waals surface area contributed by atoms with Gasteiger partial charge in [0.05, 0.1) is 24.8 Å². The second-order valence-corrected chi connectivity index (χ2v) is 6.94. The van der Waals surface area contributed by atoms with Crippen molar-refractivity contribution < 1.29 is 31.8 Å². The molecular formula is C19H17F4N3O3. The van der Waals surface area contributed by atoms with E-state index in [1.807, 2.05) is 0 Å². The molecule has 0 atom stereocenters. The molecule has 1 aromatic carbocycles. The molecule has 1 amide bonds. The summed E-state index contributed by atoms with van der Waals surface area (Å²) >= 11 is 0. The van der Waals surface area contributed by atoms with E-state index in [4.69, 9.17) is 4.74 Å². The second kappa shape index (κ2) is 7.41. The Bertz CT molecular complexity index is 912. The van der Waals surface area contributed by atoms with Gasteiger partial charge in [-0.15, -0.1) is 13.2 Å². The number of aromatic nitrogens is 1. The number of halogens is 4. The summed E-state index contributed by atoms with van der Waals surface area (Å²) in [7, 11) is 0. The van der Waals surface area contributed by atoms with Crippen LogP contribution in [0.15, 0.2) is 36.5 Å². The van der Waals surface area contributed by atoms with Crippen molar-refractivity contribution in [2.24, 2.45) is 0 Å². The van der Waals surface area contributed by atoms with Crippen molar-refractivity contribution in [1.82, 2.24) is 10.3 Å². The predicted octanol–water partition coefficient (Wildman–Crippen LogP) is 3.28. The van der Waals surface area contributed by atoms with Crippen LogP contribution in [-0.4, -0.2) is 42.5 Å². The number of rotatable bonds is 6. The topological polar surface area (TPSA) is 63.7 Å². The quantitative estimate of drug-likeness (QED) is 0.740. The summed E-state index contributed by atoms with van der Waals surface area (Å²) in [6, 6.07) is 6.77. The molecular weight excluding hydrogens is 394 g/mol. The highest BCUT2D eigenvalue weighted by Gasteiger charge is 2.33. The van der Waals surface area contributed by atoms with E-state index >= 15 is 0 Å². The lowest BCUT2D eigenvalue weighted by Gasteiger charge is -2.39. The molecule has 2 aliphatic rings. The van der Waals surface area contributed by atoms with Crippen LogP contribution in [-0.2, 0) is 0 Å². The van der Waals surface area contributed by atoms with Crippen LogP contribution in [0.3, 0.4) is 0 Å². The van der Waals surface area contributed by atoms with Crippen molar-refractivity contribution in [3.8, 4) is 11.5 Å². The molecule has 0 bridgehead atoms. The van der Waals surface area contributed by atoms with E-state index in [1.54, 1.807) is 4.90 Å². The van der Waals surface area contributed by atoms with Crippen LogP contribution in [0, 0.1) is 5.82 Å². The summed E-state index contributed by atoms with van der Waals surface area (Å²) in [5.74, 6) is -0.850. The molecule has 1 aromatic heterocycles. The summed E-state index contributed by atoms with van der Waals surface area (Å²) < 4.78 is 60.4. The molecule has 0 unspecified atom stereocenters. The summed E-state index contributed by atoms with van der Waals surface area (Å²) in [6.45, 7) is 0.791. The Morgan fingerprint density at radius 2 is 1.90 bits per heavy atom. The van der Waals surface area contributed by atoms with Crippen molar-refractivity contribution in [3.05, 3.63) is 47.9 Å². The van der Waals surface area contributed by atoms with Crippen LogP contribution in [0.5, 0.6) is 11.5 Å². The van der Waals surface area contributed by atoms with E-state index in [0.717, 1.165) is 25.1 Å². The summed E-state index contributed by atoms with van der Waals surface area (Å²) in [6.07, 6.45) is -2.27. The number of benzene rings is 1. The third kappa shape index (κ3) is 4.87. The maximum atomic E-state index is 13.9. The van der Waals surface area contributed by atoms with Gasteiger partial charge in [-0.2, -0.15) is 0 Å². The van der Waals surface area contributed by atoms with Gasteiger partial charge in [-0.25, -0.2) is 9.37 Å². The molecule has 2 aromatic rings. The first kappa shape index (κ1) is 19.3. The lowest BCUT2D eigenvalue weighted by Crippen LogP contribution is -2.54. The Labute approximate surface area is 163 Å². The Morgan fingerprint density at radius 3 is 2.59 bits per heavy atom. The minimum Gasteiger partial charge on any atom is -0.487 e. The second-order valence-electron chi connectivity index (χ2n) is 6.94. The molecule has 1 saturated heterocycles. The zero-order chi connectivity index (χ0) is 20.6. The third-order valence-electron chi connectivity index (χ3n) is 4.51. The number of nitrogens with zero attached hydrogens (tertiary/aromatic N) is 2. The molecule has 1 aliphatic heterocycles. The average molecular weight is 411 g/mol. The molecule has 6 nitrogen and oxygen atoms in total. The average Bonchev–Trinajstić information content (AvgIpc) is 3.41. The number of carbonyl (C=O) groups excluding carboxylic acids is 1.